The maximum atomic E-state index is 12.8. The lowest BCUT2D eigenvalue weighted by Crippen LogP contribution is -2.41. The second-order valence-corrected chi connectivity index (χ2v) is 5.64. The van der Waals surface area contributed by atoms with Gasteiger partial charge in [-0.15, -0.1) is 5.10 Å². The maximum absolute atomic E-state index is 12.8. The average Bonchev–Trinajstić information content (AvgIpc) is 3.16. The summed E-state index contributed by atoms with van der Waals surface area (Å²) in [5, 5.41) is 3.45. The molecule has 0 N–H and O–H groups in total. The van der Waals surface area contributed by atoms with Crippen LogP contribution in [0.3, 0.4) is 0 Å². The van der Waals surface area contributed by atoms with Gasteiger partial charge in [-0.2, -0.15) is 13.2 Å². The molecule has 130 valence electrons. The van der Waals surface area contributed by atoms with E-state index in [0.717, 1.165) is 11.7 Å². The number of likely N-dealkylation sites (tertiary alicyclic amines) is 1. The van der Waals surface area contributed by atoms with E-state index in [-0.39, 0.29) is 5.91 Å². The van der Waals surface area contributed by atoms with E-state index in [9.17, 15) is 22.8 Å². The number of alkyl halides is 3. The van der Waals surface area contributed by atoms with Crippen LogP contribution < -0.4 is 5.69 Å². The summed E-state index contributed by atoms with van der Waals surface area (Å²) < 4.78 is 44.8. The quantitative estimate of drug-likeness (QED) is 0.831. The molecule has 3 heterocycles. The molecule has 10 heteroatoms. The summed E-state index contributed by atoms with van der Waals surface area (Å²) in [5.74, 6) is -1.42. The van der Waals surface area contributed by atoms with E-state index >= 15 is 0 Å². The van der Waals surface area contributed by atoms with Gasteiger partial charge in [-0.3, -0.25) is 9.36 Å². The van der Waals surface area contributed by atoms with Gasteiger partial charge < -0.3 is 9.32 Å². The van der Waals surface area contributed by atoms with E-state index in [2.05, 4.69) is 5.10 Å². The zero-order valence-corrected chi connectivity index (χ0v) is 12.8. The van der Waals surface area contributed by atoms with E-state index in [1.165, 1.54) is 12.5 Å². The highest BCUT2D eigenvalue weighted by molar-refractivity contribution is 5.93. The Balaban J connectivity index is 1.74. The molecule has 1 amide bonds. The molecule has 0 spiro atoms. The molecule has 2 aromatic heterocycles. The first-order valence-corrected chi connectivity index (χ1v) is 7.33. The third-order valence-electron chi connectivity index (χ3n) is 4.12. The van der Waals surface area contributed by atoms with Crippen LogP contribution in [0.1, 0.15) is 35.1 Å². The number of rotatable bonds is 2. The van der Waals surface area contributed by atoms with Crippen LogP contribution in [0, 0.1) is 0 Å². The number of hydrogen-bond acceptors (Lipinski definition) is 4. The SMILES string of the molecule is Cn1c(C(F)(F)F)nn(C2CCN(C(=O)c3ccoc3)CC2)c1=O. The van der Waals surface area contributed by atoms with Gasteiger partial charge in [0, 0.05) is 20.1 Å². The van der Waals surface area contributed by atoms with E-state index in [1.54, 1.807) is 11.0 Å². The molecule has 7 nitrogen and oxygen atoms in total. The molecule has 2 aromatic rings. The highest BCUT2D eigenvalue weighted by Crippen LogP contribution is 2.28. The van der Waals surface area contributed by atoms with Crippen molar-refractivity contribution in [3.63, 3.8) is 0 Å². The molecular weight excluding hydrogens is 329 g/mol. The summed E-state index contributed by atoms with van der Waals surface area (Å²) in [6.45, 7) is 0.665. The fraction of sp³-hybridized carbons (Fsp3) is 0.500. The first kappa shape index (κ1) is 16.3. The van der Waals surface area contributed by atoms with Crippen LogP contribution in [-0.2, 0) is 13.2 Å². The van der Waals surface area contributed by atoms with Crippen LogP contribution in [0.15, 0.2) is 27.8 Å². The Morgan fingerprint density at radius 3 is 2.50 bits per heavy atom. The zero-order valence-electron chi connectivity index (χ0n) is 12.8. The topological polar surface area (TPSA) is 73.3 Å². The molecule has 1 saturated heterocycles. The first-order valence-electron chi connectivity index (χ1n) is 7.33. The molecule has 0 unspecified atom stereocenters. The lowest BCUT2D eigenvalue weighted by Gasteiger charge is -2.31. The lowest BCUT2D eigenvalue weighted by molar-refractivity contribution is -0.147. The Hall–Kier alpha value is -2.52. The molecule has 0 aromatic carbocycles. The Kier molecular flexibility index (Phi) is 3.98. The number of furan rings is 1. The Labute approximate surface area is 134 Å². The van der Waals surface area contributed by atoms with Crippen LogP contribution in [-0.4, -0.2) is 38.2 Å². The van der Waals surface area contributed by atoms with Gasteiger partial charge >= 0.3 is 11.9 Å². The van der Waals surface area contributed by atoms with Crippen molar-refractivity contribution < 1.29 is 22.4 Å². The fourth-order valence-corrected chi connectivity index (χ4v) is 2.82. The van der Waals surface area contributed by atoms with Crippen molar-refractivity contribution in [2.24, 2.45) is 7.05 Å². The normalized spacial score (nSPS) is 16.6. The van der Waals surface area contributed by atoms with Gasteiger partial charge in [0.2, 0.25) is 5.82 Å². The molecular formula is C14H15F3N4O3. The van der Waals surface area contributed by atoms with Crippen molar-refractivity contribution in [1.82, 2.24) is 19.2 Å². The van der Waals surface area contributed by atoms with Gasteiger partial charge in [0.05, 0.1) is 17.9 Å². The smallest absolute Gasteiger partial charge is 0.451 e. The largest absolute Gasteiger partial charge is 0.472 e. The average molecular weight is 344 g/mol. The molecule has 0 radical (unpaired) electrons. The van der Waals surface area contributed by atoms with E-state index in [0.29, 0.717) is 36.1 Å². The van der Waals surface area contributed by atoms with Gasteiger partial charge in [0.25, 0.3) is 5.91 Å². The second kappa shape index (κ2) is 5.84. The molecule has 1 aliphatic rings. The third-order valence-corrected chi connectivity index (χ3v) is 4.12. The standard InChI is InChI=1S/C14H15F3N4O3/c1-19-12(14(15,16)17)18-21(13(19)23)10-2-5-20(6-3-10)11(22)9-4-7-24-8-9/h4,7-8,10H,2-3,5-6H2,1H3. The van der Waals surface area contributed by atoms with E-state index in [4.69, 9.17) is 4.42 Å². The first-order chi connectivity index (χ1) is 11.3. The van der Waals surface area contributed by atoms with Crippen molar-refractivity contribution >= 4 is 5.91 Å². The highest BCUT2D eigenvalue weighted by Gasteiger charge is 2.39. The number of hydrogen-bond donors (Lipinski definition) is 0. The molecule has 1 fully saturated rings. The molecule has 24 heavy (non-hydrogen) atoms. The molecule has 0 saturated carbocycles. The zero-order chi connectivity index (χ0) is 17.5. The minimum absolute atomic E-state index is 0.202. The van der Waals surface area contributed by atoms with Crippen molar-refractivity contribution in [3.05, 3.63) is 40.5 Å². The van der Waals surface area contributed by atoms with E-state index < -0.39 is 23.7 Å². The number of aromatic nitrogens is 3. The van der Waals surface area contributed by atoms with Crippen LogP contribution in [0.5, 0.6) is 0 Å². The summed E-state index contributed by atoms with van der Waals surface area (Å²) in [5.41, 5.74) is -0.384. The summed E-state index contributed by atoms with van der Waals surface area (Å²) in [6.07, 6.45) is -1.23. The van der Waals surface area contributed by atoms with Gasteiger partial charge in [0.15, 0.2) is 0 Å². The number of piperidine rings is 1. The number of nitrogens with zero attached hydrogens (tertiary/aromatic N) is 4. The minimum atomic E-state index is -4.68. The highest BCUT2D eigenvalue weighted by atomic mass is 19.4. The van der Waals surface area contributed by atoms with Crippen molar-refractivity contribution in [2.75, 3.05) is 13.1 Å². The van der Waals surface area contributed by atoms with Gasteiger partial charge in [0.1, 0.15) is 6.26 Å². The lowest BCUT2D eigenvalue weighted by atomic mass is 10.0. The predicted octanol–water partition coefficient (Wildman–Crippen LogP) is 1.67. The third kappa shape index (κ3) is 2.83. The number of amides is 1. The van der Waals surface area contributed by atoms with Gasteiger partial charge in [-0.1, -0.05) is 0 Å². The molecule has 0 atom stereocenters. The molecule has 0 bridgehead atoms. The van der Waals surface area contributed by atoms with Crippen LogP contribution in [0.2, 0.25) is 0 Å². The summed E-state index contributed by atoms with van der Waals surface area (Å²) in [4.78, 5) is 25.8. The Morgan fingerprint density at radius 2 is 2.00 bits per heavy atom. The predicted molar refractivity (Wildman–Crippen MR) is 75.4 cm³/mol. The summed E-state index contributed by atoms with van der Waals surface area (Å²) >= 11 is 0. The summed E-state index contributed by atoms with van der Waals surface area (Å²) in [6, 6.07) is 1.08. The number of halogens is 3. The molecule has 0 aliphatic carbocycles. The van der Waals surface area contributed by atoms with Crippen LogP contribution in [0.4, 0.5) is 13.2 Å². The molecule has 1 aliphatic heterocycles. The monoisotopic (exact) mass is 344 g/mol. The van der Waals surface area contributed by atoms with Crippen molar-refractivity contribution in [1.29, 1.82) is 0 Å². The van der Waals surface area contributed by atoms with Crippen LogP contribution >= 0.6 is 0 Å². The van der Waals surface area contributed by atoms with Gasteiger partial charge in [-0.25, -0.2) is 9.48 Å². The number of carbonyl (C=O) groups is 1. The number of carbonyl (C=O) groups excluding carboxylic acids is 1. The van der Waals surface area contributed by atoms with Gasteiger partial charge in [-0.05, 0) is 18.9 Å². The minimum Gasteiger partial charge on any atom is -0.472 e. The van der Waals surface area contributed by atoms with E-state index in [1.807, 2.05) is 0 Å². The fourth-order valence-electron chi connectivity index (χ4n) is 2.82. The Bertz CT molecular complexity index is 783. The summed E-state index contributed by atoms with van der Waals surface area (Å²) in [7, 11) is 1.05. The van der Waals surface area contributed by atoms with Crippen LogP contribution in [0.25, 0.3) is 0 Å². The second-order valence-electron chi connectivity index (χ2n) is 5.64. The van der Waals surface area contributed by atoms with Crippen molar-refractivity contribution in [3.8, 4) is 0 Å². The molecule has 3 rings (SSSR count). The maximum Gasteiger partial charge on any atom is 0.451 e. The Morgan fingerprint density at radius 1 is 1.33 bits per heavy atom. The van der Waals surface area contributed by atoms with Crippen molar-refractivity contribution in [2.45, 2.75) is 25.1 Å².